The number of alkyl halides is 5. The molecule has 0 aromatic carbocycles. The van der Waals surface area contributed by atoms with E-state index in [-0.39, 0.29) is 19.3 Å². The molecule has 0 aliphatic heterocycles. The summed E-state index contributed by atoms with van der Waals surface area (Å²) in [5.74, 6) is -4.12. The van der Waals surface area contributed by atoms with E-state index >= 15 is 0 Å². The van der Waals surface area contributed by atoms with Gasteiger partial charge >= 0.3 is 12.8 Å². The summed E-state index contributed by atoms with van der Waals surface area (Å²) in [5, 5.41) is 0. The Bertz CT molecular complexity index is 469. The average Bonchev–Trinajstić information content (AvgIpc) is 2.13. The van der Waals surface area contributed by atoms with Gasteiger partial charge in [0.05, 0.1) is 17.8 Å². The zero-order valence-electron chi connectivity index (χ0n) is 10.1. The van der Waals surface area contributed by atoms with Crippen molar-refractivity contribution in [2.24, 2.45) is 17.3 Å². The van der Waals surface area contributed by atoms with Crippen LogP contribution in [0.4, 0.5) is 22.0 Å². The van der Waals surface area contributed by atoms with Crippen LogP contribution in [-0.2, 0) is 14.9 Å². The van der Waals surface area contributed by atoms with Gasteiger partial charge in [-0.3, -0.25) is 4.55 Å². The number of hydrogen-bond donors (Lipinski definition) is 1. The van der Waals surface area contributed by atoms with Gasteiger partial charge in [0, 0.05) is 0 Å². The molecule has 20 heavy (non-hydrogen) atoms. The van der Waals surface area contributed by atoms with Gasteiger partial charge in [-0.15, -0.1) is 0 Å². The van der Waals surface area contributed by atoms with Crippen molar-refractivity contribution < 1.29 is 39.7 Å². The largest absolute Gasteiger partial charge is 0.392 e. The molecule has 2 unspecified atom stereocenters. The molecule has 0 aromatic heterocycles. The third-order valence-electron chi connectivity index (χ3n) is 4.27. The molecule has 1 spiro atoms. The monoisotopic (exact) mass is 324 g/mol. The van der Waals surface area contributed by atoms with E-state index in [1.165, 1.54) is 0 Å². The molecule has 2 aliphatic rings. The second-order valence-corrected chi connectivity index (χ2v) is 6.99. The first-order valence-electron chi connectivity index (χ1n) is 5.88. The van der Waals surface area contributed by atoms with Crippen molar-refractivity contribution in [2.75, 3.05) is 5.75 Å². The minimum Gasteiger partial charge on any atom is -0.320 e. The van der Waals surface area contributed by atoms with Gasteiger partial charge < -0.3 is 4.74 Å². The van der Waals surface area contributed by atoms with Crippen molar-refractivity contribution in [3.05, 3.63) is 0 Å². The Morgan fingerprint density at radius 3 is 2.20 bits per heavy atom. The van der Waals surface area contributed by atoms with Crippen molar-refractivity contribution in [1.82, 2.24) is 0 Å². The van der Waals surface area contributed by atoms with Crippen LogP contribution in [0.25, 0.3) is 0 Å². The Morgan fingerprint density at radius 2 is 1.80 bits per heavy atom. The molecule has 0 saturated heterocycles. The number of ether oxygens (including phenoxy) is 1. The van der Waals surface area contributed by atoms with Crippen molar-refractivity contribution >= 4 is 10.1 Å². The number of halogens is 5. The predicted octanol–water partition coefficient (Wildman–Crippen LogP) is 2.46. The second kappa shape index (κ2) is 4.77. The molecule has 2 rings (SSSR count). The highest BCUT2D eigenvalue weighted by Crippen LogP contribution is 2.66. The molecule has 2 aliphatic carbocycles. The van der Waals surface area contributed by atoms with Gasteiger partial charge in [-0.05, 0) is 30.6 Å². The molecule has 2 fully saturated rings. The van der Waals surface area contributed by atoms with Gasteiger partial charge in [0.25, 0.3) is 10.1 Å². The van der Waals surface area contributed by atoms with Crippen LogP contribution in [0.15, 0.2) is 0 Å². The molecule has 4 nitrogen and oxygen atoms in total. The van der Waals surface area contributed by atoms with E-state index in [1.54, 1.807) is 0 Å². The van der Waals surface area contributed by atoms with Crippen LogP contribution >= 0.6 is 0 Å². The molecule has 2 saturated carbocycles. The topological polar surface area (TPSA) is 63.6 Å². The second-order valence-electron chi connectivity index (χ2n) is 5.50. The summed E-state index contributed by atoms with van der Waals surface area (Å²) in [6.45, 7) is -3.00. The standard InChI is InChI=1S/C10H13F5O4S/c11-8(12)19-5-1-9(2-5)3-6(10(13,14)15)7(9)4-20(16,17)18/h5-8H,1-4H2,(H,16,17,18). The molecule has 1 N–H and O–H groups in total. The van der Waals surface area contributed by atoms with Gasteiger partial charge in [-0.1, -0.05) is 0 Å². The average molecular weight is 324 g/mol. The Balaban J connectivity index is 2.05. The van der Waals surface area contributed by atoms with Gasteiger partial charge in [-0.25, -0.2) is 0 Å². The van der Waals surface area contributed by atoms with Crippen LogP contribution in [0, 0.1) is 17.3 Å². The fourth-order valence-electron chi connectivity index (χ4n) is 3.42. The van der Waals surface area contributed by atoms with E-state index in [9.17, 15) is 30.4 Å². The predicted molar refractivity (Wildman–Crippen MR) is 56.6 cm³/mol. The summed E-state index contributed by atoms with van der Waals surface area (Å²) < 4.78 is 96.7. The summed E-state index contributed by atoms with van der Waals surface area (Å²) in [5.41, 5.74) is -0.963. The van der Waals surface area contributed by atoms with Gasteiger partial charge in [-0.2, -0.15) is 30.4 Å². The van der Waals surface area contributed by atoms with Crippen molar-refractivity contribution in [3.63, 3.8) is 0 Å². The van der Waals surface area contributed by atoms with E-state index < -0.39 is 52.0 Å². The first-order valence-corrected chi connectivity index (χ1v) is 7.49. The molecule has 10 heteroatoms. The maximum Gasteiger partial charge on any atom is 0.392 e. The molecule has 0 heterocycles. The summed E-state index contributed by atoms with van der Waals surface area (Å²) in [6, 6.07) is 0. The van der Waals surface area contributed by atoms with Crippen molar-refractivity contribution in [1.29, 1.82) is 0 Å². The van der Waals surface area contributed by atoms with Gasteiger partial charge in [0.15, 0.2) is 0 Å². The molecule has 0 amide bonds. The molecule has 0 radical (unpaired) electrons. The number of hydrogen-bond acceptors (Lipinski definition) is 3. The highest BCUT2D eigenvalue weighted by atomic mass is 32.2. The van der Waals surface area contributed by atoms with Crippen LogP contribution in [0.5, 0.6) is 0 Å². The minimum absolute atomic E-state index is 0.0376. The Hall–Kier alpha value is -0.480. The normalized spacial score (nSPS) is 37.9. The van der Waals surface area contributed by atoms with E-state index in [4.69, 9.17) is 4.55 Å². The summed E-state index contributed by atoms with van der Waals surface area (Å²) >= 11 is 0. The summed E-state index contributed by atoms with van der Waals surface area (Å²) in [6.07, 6.45) is -5.79. The van der Waals surface area contributed by atoms with Gasteiger partial charge in [0.1, 0.15) is 0 Å². The summed E-state index contributed by atoms with van der Waals surface area (Å²) in [7, 11) is -4.55. The van der Waals surface area contributed by atoms with Crippen LogP contribution in [0.2, 0.25) is 0 Å². The van der Waals surface area contributed by atoms with Crippen LogP contribution in [0.1, 0.15) is 19.3 Å². The lowest BCUT2D eigenvalue weighted by molar-refractivity contribution is -0.295. The van der Waals surface area contributed by atoms with Crippen molar-refractivity contribution in [2.45, 2.75) is 38.2 Å². The van der Waals surface area contributed by atoms with E-state index in [0.717, 1.165) is 0 Å². The zero-order valence-corrected chi connectivity index (χ0v) is 10.9. The van der Waals surface area contributed by atoms with E-state index in [0.29, 0.717) is 0 Å². The number of rotatable bonds is 4. The lowest BCUT2D eigenvalue weighted by atomic mass is 9.44. The van der Waals surface area contributed by atoms with E-state index in [2.05, 4.69) is 4.74 Å². The fraction of sp³-hybridized carbons (Fsp3) is 1.00. The molecule has 0 aromatic rings. The van der Waals surface area contributed by atoms with Crippen LogP contribution in [-0.4, -0.2) is 37.6 Å². The third kappa shape index (κ3) is 3.06. The minimum atomic E-state index is -4.56. The molecule has 0 bridgehead atoms. The maximum absolute atomic E-state index is 12.7. The Labute approximate surface area is 112 Å². The quantitative estimate of drug-likeness (QED) is 0.637. The van der Waals surface area contributed by atoms with Crippen LogP contribution < -0.4 is 0 Å². The Morgan fingerprint density at radius 1 is 1.25 bits per heavy atom. The Kier molecular flexibility index (Phi) is 3.79. The highest BCUT2D eigenvalue weighted by molar-refractivity contribution is 7.85. The SMILES string of the molecule is O=S(=O)(O)CC1C(C(F)(F)F)CC12CC(OC(F)F)C2. The van der Waals surface area contributed by atoms with E-state index in [1.807, 2.05) is 0 Å². The van der Waals surface area contributed by atoms with Crippen LogP contribution in [0.3, 0.4) is 0 Å². The lowest BCUT2D eigenvalue weighted by Crippen LogP contribution is -2.63. The first-order chi connectivity index (χ1) is 8.93. The summed E-state index contributed by atoms with van der Waals surface area (Å²) in [4.78, 5) is 0. The van der Waals surface area contributed by atoms with Crippen molar-refractivity contribution in [3.8, 4) is 0 Å². The molecule has 118 valence electrons. The lowest BCUT2D eigenvalue weighted by Gasteiger charge is -2.62. The maximum atomic E-state index is 12.7. The highest BCUT2D eigenvalue weighted by Gasteiger charge is 2.67. The van der Waals surface area contributed by atoms with Gasteiger partial charge in [0.2, 0.25) is 0 Å². The smallest absolute Gasteiger partial charge is 0.320 e. The fourth-order valence-corrected chi connectivity index (χ4v) is 4.46. The molecular formula is C10H13F5O4S. The zero-order chi connectivity index (χ0) is 15.3. The molecule has 2 atom stereocenters. The third-order valence-corrected chi connectivity index (χ3v) is 5.05. The molecular weight excluding hydrogens is 311 g/mol. The first kappa shape index (κ1) is 15.9.